The monoisotopic (exact) mass is 197 g/mol. The topological polar surface area (TPSA) is 72.6 Å². The molecular formula is C9H11NO4. The number of aromatic nitrogens is 1. The molecule has 76 valence electrons. The molecule has 0 radical (unpaired) electrons. The van der Waals surface area contributed by atoms with Gasteiger partial charge < -0.3 is 14.3 Å². The van der Waals surface area contributed by atoms with E-state index in [4.69, 9.17) is 14.3 Å². The lowest BCUT2D eigenvalue weighted by molar-refractivity contribution is 0.0690. The van der Waals surface area contributed by atoms with E-state index in [1.807, 2.05) is 0 Å². The maximum absolute atomic E-state index is 10.5. The number of oxazole rings is 1. The van der Waals surface area contributed by atoms with E-state index in [-0.39, 0.29) is 11.6 Å². The second-order valence-corrected chi connectivity index (χ2v) is 3.26. The van der Waals surface area contributed by atoms with E-state index in [0.29, 0.717) is 19.1 Å². The van der Waals surface area contributed by atoms with Crippen LogP contribution in [0.1, 0.15) is 35.1 Å². The average Bonchev–Trinajstić information content (AvgIpc) is 2.68. The van der Waals surface area contributed by atoms with Crippen molar-refractivity contribution in [3.8, 4) is 0 Å². The highest BCUT2D eigenvalue weighted by molar-refractivity contribution is 5.84. The molecule has 1 fully saturated rings. The van der Waals surface area contributed by atoms with E-state index in [1.54, 1.807) is 0 Å². The van der Waals surface area contributed by atoms with Crippen LogP contribution >= 0.6 is 0 Å². The van der Waals surface area contributed by atoms with Crippen molar-refractivity contribution in [3.63, 3.8) is 0 Å². The molecule has 0 saturated carbocycles. The third-order valence-electron chi connectivity index (χ3n) is 2.31. The van der Waals surface area contributed by atoms with Crippen LogP contribution in [0.4, 0.5) is 0 Å². The first-order chi connectivity index (χ1) is 6.77. The predicted octanol–water partition coefficient (Wildman–Crippen LogP) is 1.27. The maximum atomic E-state index is 10.5. The zero-order chi connectivity index (χ0) is 9.97. The summed E-state index contributed by atoms with van der Waals surface area (Å²) in [6.07, 6.45) is 2.88. The molecule has 0 spiro atoms. The number of nitrogens with zero attached hydrogens (tertiary/aromatic N) is 1. The van der Waals surface area contributed by atoms with E-state index >= 15 is 0 Å². The fourth-order valence-electron chi connectivity index (χ4n) is 1.52. The number of aromatic carboxylic acids is 1. The Morgan fingerprint density at radius 2 is 2.21 bits per heavy atom. The zero-order valence-electron chi connectivity index (χ0n) is 7.60. The lowest BCUT2D eigenvalue weighted by atomic mass is 10.0. The fraction of sp³-hybridized carbons (Fsp3) is 0.556. The molecule has 2 heterocycles. The number of hydrogen-bond acceptors (Lipinski definition) is 4. The largest absolute Gasteiger partial charge is 0.476 e. The number of carboxylic acids is 1. The third-order valence-corrected chi connectivity index (χ3v) is 2.31. The van der Waals surface area contributed by atoms with Gasteiger partial charge in [0.1, 0.15) is 6.26 Å². The molecule has 0 unspecified atom stereocenters. The molecule has 0 aliphatic carbocycles. The number of carboxylic acid groups (broad SMARTS) is 1. The molecular weight excluding hydrogens is 186 g/mol. The van der Waals surface area contributed by atoms with Gasteiger partial charge in [-0.2, -0.15) is 0 Å². The normalized spacial score (nSPS) is 18.3. The van der Waals surface area contributed by atoms with Crippen molar-refractivity contribution in [1.29, 1.82) is 0 Å². The van der Waals surface area contributed by atoms with E-state index in [9.17, 15) is 4.79 Å². The van der Waals surface area contributed by atoms with Crippen molar-refractivity contribution in [1.82, 2.24) is 4.98 Å². The predicted molar refractivity (Wildman–Crippen MR) is 46.3 cm³/mol. The van der Waals surface area contributed by atoms with Crippen molar-refractivity contribution in [3.05, 3.63) is 17.8 Å². The third kappa shape index (κ3) is 1.77. The summed E-state index contributed by atoms with van der Waals surface area (Å²) in [7, 11) is 0. The van der Waals surface area contributed by atoms with Gasteiger partial charge in [-0.25, -0.2) is 9.78 Å². The first-order valence-corrected chi connectivity index (χ1v) is 4.54. The van der Waals surface area contributed by atoms with Crippen LogP contribution < -0.4 is 0 Å². The Bertz CT molecular complexity index is 327. The van der Waals surface area contributed by atoms with Gasteiger partial charge in [0, 0.05) is 19.1 Å². The maximum Gasteiger partial charge on any atom is 0.357 e. The molecule has 1 aromatic rings. The second-order valence-electron chi connectivity index (χ2n) is 3.26. The summed E-state index contributed by atoms with van der Waals surface area (Å²) in [6.45, 7) is 1.38. The molecule has 0 atom stereocenters. The van der Waals surface area contributed by atoms with E-state index in [0.717, 1.165) is 12.8 Å². The summed E-state index contributed by atoms with van der Waals surface area (Å²) in [5.74, 6) is -0.324. The quantitative estimate of drug-likeness (QED) is 0.772. The fourth-order valence-corrected chi connectivity index (χ4v) is 1.52. The highest BCUT2D eigenvalue weighted by Crippen LogP contribution is 2.25. The summed E-state index contributed by atoms with van der Waals surface area (Å²) in [5, 5.41) is 8.65. The van der Waals surface area contributed by atoms with Crippen molar-refractivity contribution >= 4 is 5.97 Å². The first-order valence-electron chi connectivity index (χ1n) is 4.54. The van der Waals surface area contributed by atoms with E-state index < -0.39 is 5.97 Å². The molecule has 14 heavy (non-hydrogen) atoms. The zero-order valence-corrected chi connectivity index (χ0v) is 7.60. The van der Waals surface area contributed by atoms with Gasteiger partial charge in [-0.1, -0.05) is 0 Å². The number of hydrogen-bond donors (Lipinski definition) is 1. The molecule has 0 amide bonds. The van der Waals surface area contributed by atoms with Gasteiger partial charge in [0.2, 0.25) is 0 Å². The van der Waals surface area contributed by atoms with E-state index in [2.05, 4.69) is 4.98 Å². The summed E-state index contributed by atoms with van der Waals surface area (Å²) >= 11 is 0. The smallest absolute Gasteiger partial charge is 0.357 e. The Hall–Kier alpha value is -1.36. The van der Waals surface area contributed by atoms with Crippen LogP contribution in [0.2, 0.25) is 0 Å². The van der Waals surface area contributed by atoms with Gasteiger partial charge in [-0.05, 0) is 12.8 Å². The highest BCUT2D eigenvalue weighted by Gasteiger charge is 2.22. The Labute approximate surface area is 80.7 Å². The van der Waals surface area contributed by atoms with Crippen LogP contribution in [-0.2, 0) is 4.74 Å². The van der Waals surface area contributed by atoms with Crippen molar-refractivity contribution in [2.24, 2.45) is 0 Å². The Morgan fingerprint density at radius 1 is 1.50 bits per heavy atom. The van der Waals surface area contributed by atoms with Gasteiger partial charge >= 0.3 is 5.97 Å². The Balaban J connectivity index is 2.11. The average molecular weight is 197 g/mol. The second kappa shape index (κ2) is 3.79. The first kappa shape index (κ1) is 9.21. The lowest BCUT2D eigenvalue weighted by Gasteiger charge is -2.18. The minimum Gasteiger partial charge on any atom is -0.476 e. The van der Waals surface area contributed by atoms with Crippen molar-refractivity contribution in [2.75, 3.05) is 13.2 Å². The van der Waals surface area contributed by atoms with Gasteiger partial charge in [0.05, 0.1) is 0 Å². The molecule has 0 bridgehead atoms. The molecule has 5 nitrogen and oxygen atoms in total. The van der Waals surface area contributed by atoms with Crippen LogP contribution in [0, 0.1) is 0 Å². The Morgan fingerprint density at radius 3 is 2.79 bits per heavy atom. The molecule has 1 aromatic heterocycles. The van der Waals surface area contributed by atoms with Crippen LogP contribution in [0.25, 0.3) is 0 Å². The number of carbonyl (C=O) groups is 1. The molecule has 0 aromatic carbocycles. The molecule has 1 saturated heterocycles. The van der Waals surface area contributed by atoms with Gasteiger partial charge in [0.25, 0.3) is 0 Å². The summed E-state index contributed by atoms with van der Waals surface area (Å²) in [5.41, 5.74) is -0.0218. The van der Waals surface area contributed by atoms with E-state index in [1.165, 1.54) is 6.26 Å². The summed E-state index contributed by atoms with van der Waals surface area (Å²) < 4.78 is 10.3. The standard InChI is InChI=1S/C9H11NO4/c11-9(12)7-5-14-8(10-7)6-1-3-13-4-2-6/h5-6H,1-4H2,(H,11,12). The van der Waals surface area contributed by atoms with Crippen LogP contribution in [-0.4, -0.2) is 29.3 Å². The lowest BCUT2D eigenvalue weighted by Crippen LogP contribution is -2.14. The van der Waals surface area contributed by atoms with Gasteiger partial charge in [-0.15, -0.1) is 0 Å². The molecule has 2 rings (SSSR count). The number of rotatable bonds is 2. The Kier molecular flexibility index (Phi) is 2.49. The SMILES string of the molecule is O=C(O)c1coc(C2CCOCC2)n1. The molecule has 1 N–H and O–H groups in total. The molecule has 1 aliphatic rings. The van der Waals surface area contributed by atoms with Crippen molar-refractivity contribution < 1.29 is 19.1 Å². The highest BCUT2D eigenvalue weighted by atomic mass is 16.5. The number of ether oxygens (including phenoxy) is 1. The van der Waals surface area contributed by atoms with Gasteiger partial charge in [0.15, 0.2) is 11.6 Å². The minimum atomic E-state index is -1.05. The van der Waals surface area contributed by atoms with Crippen LogP contribution in [0.15, 0.2) is 10.7 Å². The van der Waals surface area contributed by atoms with Crippen LogP contribution in [0.5, 0.6) is 0 Å². The van der Waals surface area contributed by atoms with Crippen LogP contribution in [0.3, 0.4) is 0 Å². The minimum absolute atomic E-state index is 0.0218. The summed E-state index contributed by atoms with van der Waals surface area (Å²) in [4.78, 5) is 14.5. The van der Waals surface area contributed by atoms with Gasteiger partial charge in [-0.3, -0.25) is 0 Å². The molecule has 1 aliphatic heterocycles. The van der Waals surface area contributed by atoms with Crippen molar-refractivity contribution in [2.45, 2.75) is 18.8 Å². The summed E-state index contributed by atoms with van der Waals surface area (Å²) in [6, 6.07) is 0. The molecule has 5 heteroatoms.